The van der Waals surface area contributed by atoms with Crippen LogP contribution in [0.2, 0.25) is 0 Å². The van der Waals surface area contributed by atoms with Gasteiger partial charge >= 0.3 is 0 Å². The van der Waals surface area contributed by atoms with Gasteiger partial charge in [0.15, 0.2) is 11.5 Å². The highest BCUT2D eigenvalue weighted by Gasteiger charge is 2.16. The standard InChI is InChI=1S/C21H21BrN2O2/c1-25-19-12-16(17(22)13-20(19)26-2)14-24-21(15-8-4-3-5-9-15)18-10-6-7-11-23-18/h3-13,21,24H,14H2,1-2H3/t21-/m1/s1. The summed E-state index contributed by atoms with van der Waals surface area (Å²) in [5, 5.41) is 3.61. The highest BCUT2D eigenvalue weighted by molar-refractivity contribution is 9.10. The molecule has 2 aromatic carbocycles. The second kappa shape index (κ2) is 8.83. The van der Waals surface area contributed by atoms with Crippen LogP contribution in [-0.2, 0) is 6.54 Å². The van der Waals surface area contributed by atoms with Crippen molar-refractivity contribution in [2.24, 2.45) is 0 Å². The summed E-state index contributed by atoms with van der Waals surface area (Å²) >= 11 is 3.62. The van der Waals surface area contributed by atoms with Gasteiger partial charge in [0.25, 0.3) is 0 Å². The van der Waals surface area contributed by atoms with E-state index in [0.717, 1.165) is 15.7 Å². The molecule has 0 amide bonds. The topological polar surface area (TPSA) is 43.4 Å². The molecule has 0 radical (unpaired) electrons. The molecule has 0 spiro atoms. The second-order valence-electron chi connectivity index (χ2n) is 5.78. The van der Waals surface area contributed by atoms with Crippen LogP contribution in [0.5, 0.6) is 11.5 Å². The molecule has 26 heavy (non-hydrogen) atoms. The number of rotatable bonds is 7. The second-order valence-corrected chi connectivity index (χ2v) is 6.63. The normalized spacial score (nSPS) is 11.8. The third-order valence-electron chi connectivity index (χ3n) is 4.17. The van der Waals surface area contributed by atoms with Gasteiger partial charge in [-0.05, 0) is 35.4 Å². The van der Waals surface area contributed by atoms with Crippen LogP contribution in [0.1, 0.15) is 22.9 Å². The molecule has 1 aromatic heterocycles. The minimum atomic E-state index is -0.00241. The molecule has 0 bridgehead atoms. The Morgan fingerprint density at radius 2 is 1.65 bits per heavy atom. The van der Waals surface area contributed by atoms with Crippen LogP contribution >= 0.6 is 15.9 Å². The molecule has 0 saturated heterocycles. The van der Waals surface area contributed by atoms with E-state index >= 15 is 0 Å². The molecule has 1 atom stereocenters. The number of aromatic nitrogens is 1. The summed E-state index contributed by atoms with van der Waals surface area (Å²) in [5.41, 5.74) is 3.23. The number of pyridine rings is 1. The van der Waals surface area contributed by atoms with Crippen molar-refractivity contribution in [3.8, 4) is 11.5 Å². The third-order valence-corrected chi connectivity index (χ3v) is 4.90. The van der Waals surface area contributed by atoms with Gasteiger partial charge < -0.3 is 14.8 Å². The molecule has 134 valence electrons. The predicted molar refractivity (Wildman–Crippen MR) is 107 cm³/mol. The Labute approximate surface area is 162 Å². The monoisotopic (exact) mass is 412 g/mol. The Hall–Kier alpha value is -2.37. The summed E-state index contributed by atoms with van der Waals surface area (Å²) in [6.45, 7) is 0.650. The Morgan fingerprint density at radius 1 is 0.962 bits per heavy atom. The maximum Gasteiger partial charge on any atom is 0.161 e. The maximum absolute atomic E-state index is 5.42. The van der Waals surface area contributed by atoms with Crippen molar-refractivity contribution >= 4 is 15.9 Å². The highest BCUT2D eigenvalue weighted by atomic mass is 79.9. The summed E-state index contributed by atoms with van der Waals surface area (Å²) in [6, 6.07) is 20.2. The quantitative estimate of drug-likeness (QED) is 0.608. The molecule has 4 nitrogen and oxygen atoms in total. The molecule has 0 unspecified atom stereocenters. The number of ether oxygens (including phenoxy) is 2. The summed E-state index contributed by atoms with van der Waals surface area (Å²) in [5.74, 6) is 1.41. The Morgan fingerprint density at radius 3 is 2.31 bits per heavy atom. The van der Waals surface area contributed by atoms with Crippen LogP contribution in [0.4, 0.5) is 0 Å². The summed E-state index contributed by atoms with van der Waals surface area (Å²) in [7, 11) is 3.28. The number of benzene rings is 2. The fourth-order valence-electron chi connectivity index (χ4n) is 2.83. The highest BCUT2D eigenvalue weighted by Crippen LogP contribution is 2.33. The Kier molecular flexibility index (Phi) is 6.26. The van der Waals surface area contributed by atoms with E-state index in [-0.39, 0.29) is 6.04 Å². The van der Waals surface area contributed by atoms with Crippen LogP contribution in [0.3, 0.4) is 0 Å². The van der Waals surface area contributed by atoms with Crippen molar-refractivity contribution in [3.63, 3.8) is 0 Å². The molecule has 3 aromatic rings. The summed E-state index contributed by atoms with van der Waals surface area (Å²) < 4.78 is 11.7. The van der Waals surface area contributed by atoms with Crippen molar-refractivity contribution in [1.29, 1.82) is 0 Å². The molecular formula is C21H21BrN2O2. The average molecular weight is 413 g/mol. The van der Waals surface area contributed by atoms with E-state index in [1.807, 2.05) is 54.7 Å². The van der Waals surface area contributed by atoms with Gasteiger partial charge in [0, 0.05) is 17.2 Å². The molecule has 0 aliphatic heterocycles. The molecule has 0 aliphatic rings. The van der Waals surface area contributed by atoms with E-state index in [1.54, 1.807) is 14.2 Å². The molecule has 0 aliphatic carbocycles. The van der Waals surface area contributed by atoms with Gasteiger partial charge in [-0.3, -0.25) is 4.98 Å². The number of nitrogens with one attached hydrogen (secondary N) is 1. The number of nitrogens with zero attached hydrogens (tertiary/aromatic N) is 1. The van der Waals surface area contributed by atoms with Crippen molar-refractivity contribution < 1.29 is 9.47 Å². The zero-order valence-corrected chi connectivity index (χ0v) is 16.4. The van der Waals surface area contributed by atoms with Gasteiger partial charge in [0.05, 0.1) is 26.0 Å². The first-order chi connectivity index (χ1) is 12.7. The van der Waals surface area contributed by atoms with Crippen LogP contribution in [0, 0.1) is 0 Å². The van der Waals surface area contributed by atoms with Crippen LogP contribution in [-0.4, -0.2) is 19.2 Å². The van der Waals surface area contributed by atoms with Gasteiger partial charge in [0.1, 0.15) is 0 Å². The van der Waals surface area contributed by atoms with Gasteiger partial charge in [0.2, 0.25) is 0 Å². The predicted octanol–water partition coefficient (Wildman–Crippen LogP) is 4.74. The molecule has 0 saturated carbocycles. The summed E-state index contributed by atoms with van der Waals surface area (Å²) in [4.78, 5) is 4.53. The van der Waals surface area contributed by atoms with Crippen LogP contribution < -0.4 is 14.8 Å². The van der Waals surface area contributed by atoms with E-state index in [9.17, 15) is 0 Å². The van der Waals surface area contributed by atoms with E-state index in [0.29, 0.717) is 18.0 Å². The van der Waals surface area contributed by atoms with E-state index < -0.39 is 0 Å². The van der Waals surface area contributed by atoms with Gasteiger partial charge in [-0.25, -0.2) is 0 Å². The first-order valence-corrected chi connectivity index (χ1v) is 9.12. The minimum absolute atomic E-state index is 0.00241. The van der Waals surface area contributed by atoms with Crippen LogP contribution in [0.25, 0.3) is 0 Å². The molecule has 1 heterocycles. The van der Waals surface area contributed by atoms with E-state index in [4.69, 9.17) is 9.47 Å². The lowest BCUT2D eigenvalue weighted by Crippen LogP contribution is -2.23. The number of methoxy groups -OCH3 is 2. The lowest BCUT2D eigenvalue weighted by molar-refractivity contribution is 0.354. The van der Waals surface area contributed by atoms with Crippen molar-refractivity contribution in [2.45, 2.75) is 12.6 Å². The molecule has 0 fully saturated rings. The lowest BCUT2D eigenvalue weighted by Gasteiger charge is -2.20. The summed E-state index contributed by atoms with van der Waals surface area (Å²) in [6.07, 6.45) is 1.82. The van der Waals surface area contributed by atoms with Gasteiger partial charge in [-0.1, -0.05) is 52.3 Å². The molecule has 1 N–H and O–H groups in total. The van der Waals surface area contributed by atoms with Crippen LogP contribution in [0.15, 0.2) is 71.3 Å². The third kappa shape index (κ3) is 4.23. The van der Waals surface area contributed by atoms with Crippen molar-refractivity contribution in [2.75, 3.05) is 14.2 Å². The van der Waals surface area contributed by atoms with E-state index in [1.165, 1.54) is 5.56 Å². The zero-order valence-electron chi connectivity index (χ0n) is 14.8. The lowest BCUT2D eigenvalue weighted by atomic mass is 10.0. The number of hydrogen-bond donors (Lipinski definition) is 1. The SMILES string of the molecule is COc1cc(Br)c(CN[C@H](c2ccccc2)c2ccccn2)cc1OC. The molecular weight excluding hydrogens is 392 g/mol. The minimum Gasteiger partial charge on any atom is -0.493 e. The van der Waals surface area contributed by atoms with Crippen molar-refractivity contribution in [1.82, 2.24) is 10.3 Å². The van der Waals surface area contributed by atoms with Crippen molar-refractivity contribution in [3.05, 3.63) is 88.2 Å². The average Bonchev–Trinajstić information content (AvgIpc) is 2.70. The Balaban J connectivity index is 1.87. The van der Waals surface area contributed by atoms with Gasteiger partial charge in [-0.2, -0.15) is 0 Å². The molecule has 3 rings (SSSR count). The van der Waals surface area contributed by atoms with Gasteiger partial charge in [-0.15, -0.1) is 0 Å². The maximum atomic E-state index is 5.42. The first kappa shape index (κ1) is 18.4. The fourth-order valence-corrected chi connectivity index (χ4v) is 3.29. The van der Waals surface area contributed by atoms with E-state index in [2.05, 4.69) is 38.4 Å². The number of halogens is 1. The largest absolute Gasteiger partial charge is 0.493 e. The molecule has 5 heteroatoms. The zero-order chi connectivity index (χ0) is 18.4. The smallest absolute Gasteiger partial charge is 0.161 e. The fraction of sp³-hybridized carbons (Fsp3) is 0.190. The first-order valence-electron chi connectivity index (χ1n) is 8.32. The Bertz CT molecular complexity index is 802. The number of hydrogen-bond acceptors (Lipinski definition) is 4.